The number of aliphatic carboxylic acids is 1. The van der Waals surface area contributed by atoms with Crippen molar-refractivity contribution in [3.63, 3.8) is 0 Å². The largest absolute Gasteiger partial charge is 1.00 e. The number of hydrogen-bond acceptors (Lipinski definition) is 3. The number of rotatable bonds is 7. The molecule has 4 heteroatoms. The minimum Gasteiger partial charge on any atom is -0.549 e. The van der Waals surface area contributed by atoms with E-state index in [1.165, 1.54) is 12.8 Å². The van der Waals surface area contributed by atoms with Gasteiger partial charge in [-0.05, 0) is 12.3 Å². The van der Waals surface area contributed by atoms with Crippen LogP contribution in [0, 0.1) is 5.92 Å². The Kier molecular flexibility index (Phi) is 12.2. The second-order valence-electron chi connectivity index (χ2n) is 3.87. The molecule has 0 aliphatic rings. The van der Waals surface area contributed by atoms with Gasteiger partial charge in [0.15, 0.2) is 0 Å². The molecule has 0 aromatic rings. The topological polar surface area (TPSA) is 40.1 Å². The second kappa shape index (κ2) is 10.1. The van der Waals surface area contributed by atoms with Crippen molar-refractivity contribution >= 4 is 18.6 Å². The van der Waals surface area contributed by atoms with Crippen molar-refractivity contribution in [2.75, 3.05) is 0 Å². The van der Waals surface area contributed by atoms with Crippen LogP contribution in [0.4, 0.5) is 0 Å². The van der Waals surface area contributed by atoms with Gasteiger partial charge in [-0.15, -0.1) is 0 Å². The summed E-state index contributed by atoms with van der Waals surface area (Å²) in [6.07, 6.45) is 5.08. The van der Waals surface area contributed by atoms with Crippen LogP contribution in [-0.2, 0) is 27.2 Å². The van der Waals surface area contributed by atoms with Crippen molar-refractivity contribution in [1.29, 1.82) is 0 Å². The number of thiol groups is 1. The van der Waals surface area contributed by atoms with Crippen LogP contribution in [0.5, 0.6) is 0 Å². The van der Waals surface area contributed by atoms with Gasteiger partial charge in [-0.25, -0.2) is 0 Å². The van der Waals surface area contributed by atoms with Gasteiger partial charge in [0.05, 0.1) is 5.97 Å². The maximum Gasteiger partial charge on any atom is 1.00 e. The molecule has 88 valence electrons. The Hall–Kier alpha value is 0.560. The van der Waals surface area contributed by atoms with Gasteiger partial charge in [-0.1, -0.05) is 39.5 Å². The number of carboxylic acids is 1. The van der Waals surface area contributed by atoms with Crippen LogP contribution in [0.3, 0.4) is 0 Å². The molecule has 0 bridgehead atoms. The molecule has 1 unspecified atom stereocenters. The number of carbonyl (C=O) groups is 1. The number of carbonyl (C=O) groups excluding carboxylic acids is 1. The number of unbranched alkanes of at least 4 members (excludes halogenated alkanes) is 2. The van der Waals surface area contributed by atoms with Crippen molar-refractivity contribution in [1.82, 2.24) is 0 Å². The summed E-state index contributed by atoms with van der Waals surface area (Å²) in [4.78, 5) is 10.3. The van der Waals surface area contributed by atoms with Crippen LogP contribution < -0.4 is 5.11 Å². The minimum atomic E-state index is -1.05. The van der Waals surface area contributed by atoms with Crippen molar-refractivity contribution in [2.45, 2.75) is 51.2 Å². The van der Waals surface area contributed by atoms with Crippen LogP contribution >= 0.6 is 12.6 Å². The molecule has 0 heterocycles. The third kappa shape index (κ3) is 10.6. The van der Waals surface area contributed by atoms with E-state index in [0.29, 0.717) is 6.42 Å². The van der Waals surface area contributed by atoms with Crippen LogP contribution in [-0.4, -0.2) is 11.2 Å². The van der Waals surface area contributed by atoms with Crippen molar-refractivity contribution < 1.29 is 32.3 Å². The summed E-state index contributed by atoms with van der Waals surface area (Å²) in [6, 6.07) is 0. The molecule has 0 saturated carbocycles. The molecule has 0 spiro atoms. The Bertz CT molecular complexity index is 151. The summed E-state index contributed by atoms with van der Waals surface area (Å²) in [7, 11) is 0. The average molecular weight is 400 g/mol. The van der Waals surface area contributed by atoms with E-state index in [2.05, 4.69) is 26.5 Å². The Morgan fingerprint density at radius 1 is 1.21 bits per heavy atom. The van der Waals surface area contributed by atoms with E-state index in [1.807, 2.05) is 0 Å². The second-order valence-corrected chi connectivity index (χ2v) is 4.49. The fourth-order valence-electron chi connectivity index (χ4n) is 1.18. The standard InChI is InChI=1S/C10H20O2S.Au/c1-8(2)6-4-3-5-7-9(13)10(11)12;/h8-9,13H,3-7H2,1-2H3,(H,11,12);/q;+1/p-1. The summed E-state index contributed by atoms with van der Waals surface area (Å²) >= 11 is 3.91. The zero-order valence-electron chi connectivity index (χ0n) is 8.76. The quantitative estimate of drug-likeness (QED) is 0.401. The minimum absolute atomic E-state index is 0. The zero-order valence-corrected chi connectivity index (χ0v) is 11.8. The summed E-state index contributed by atoms with van der Waals surface area (Å²) < 4.78 is 0. The van der Waals surface area contributed by atoms with E-state index in [4.69, 9.17) is 0 Å². The molecule has 0 rings (SSSR count). The fourth-order valence-corrected chi connectivity index (χ4v) is 1.37. The van der Waals surface area contributed by atoms with Gasteiger partial charge >= 0.3 is 22.4 Å². The van der Waals surface area contributed by atoms with Crippen LogP contribution in [0.1, 0.15) is 46.0 Å². The van der Waals surface area contributed by atoms with Crippen molar-refractivity contribution in [3.8, 4) is 0 Å². The summed E-state index contributed by atoms with van der Waals surface area (Å²) in [5.41, 5.74) is 0. The molecule has 0 aliphatic heterocycles. The molecule has 0 fully saturated rings. The van der Waals surface area contributed by atoms with Crippen molar-refractivity contribution in [2.24, 2.45) is 5.92 Å². The van der Waals surface area contributed by atoms with Crippen molar-refractivity contribution in [3.05, 3.63) is 0 Å². The first-order valence-electron chi connectivity index (χ1n) is 4.93. The maximum atomic E-state index is 10.3. The molecule has 0 aromatic carbocycles. The predicted octanol–water partition coefficient (Wildman–Crippen LogP) is 1.64. The van der Waals surface area contributed by atoms with Gasteiger partial charge in [-0.3, -0.25) is 0 Å². The van der Waals surface area contributed by atoms with E-state index in [9.17, 15) is 9.90 Å². The molecule has 1 atom stereocenters. The summed E-state index contributed by atoms with van der Waals surface area (Å²) in [5, 5.41) is 9.70. The Morgan fingerprint density at radius 2 is 1.71 bits per heavy atom. The molecular weight excluding hydrogens is 381 g/mol. The molecule has 0 amide bonds. The molecule has 14 heavy (non-hydrogen) atoms. The summed E-state index contributed by atoms with van der Waals surface area (Å²) in [6.45, 7) is 4.39. The Morgan fingerprint density at radius 3 is 2.14 bits per heavy atom. The number of carboxylic acid groups (broad SMARTS) is 1. The molecule has 0 aromatic heterocycles. The van der Waals surface area contributed by atoms with E-state index >= 15 is 0 Å². The first kappa shape index (κ1) is 17.0. The van der Waals surface area contributed by atoms with Gasteiger partial charge in [-0.2, -0.15) is 12.6 Å². The van der Waals surface area contributed by atoms with E-state index in [1.54, 1.807) is 0 Å². The van der Waals surface area contributed by atoms with Gasteiger partial charge < -0.3 is 9.90 Å². The molecule has 2 nitrogen and oxygen atoms in total. The summed E-state index contributed by atoms with van der Waals surface area (Å²) in [5.74, 6) is -0.305. The molecule has 0 radical (unpaired) electrons. The van der Waals surface area contributed by atoms with E-state index in [-0.39, 0.29) is 22.4 Å². The Balaban J connectivity index is 0. The van der Waals surface area contributed by atoms with Gasteiger partial charge in [0, 0.05) is 5.25 Å². The van der Waals surface area contributed by atoms with Crippen LogP contribution in [0.25, 0.3) is 0 Å². The smallest absolute Gasteiger partial charge is 0.549 e. The van der Waals surface area contributed by atoms with Crippen LogP contribution in [0.2, 0.25) is 0 Å². The first-order chi connectivity index (χ1) is 6.04. The first-order valence-corrected chi connectivity index (χ1v) is 5.44. The normalized spacial score (nSPS) is 12.3. The van der Waals surface area contributed by atoms with Gasteiger partial charge in [0.2, 0.25) is 0 Å². The van der Waals surface area contributed by atoms with Crippen LogP contribution in [0.15, 0.2) is 0 Å². The SMILES string of the molecule is CC(C)CCCCCC(S)C(=O)[O-].[Au+]. The Labute approximate surface area is 108 Å². The van der Waals surface area contributed by atoms with Gasteiger partial charge in [0.1, 0.15) is 0 Å². The monoisotopic (exact) mass is 400 g/mol. The molecular formula is C10H19AuO2S. The molecule has 0 saturated heterocycles. The van der Waals surface area contributed by atoms with E-state index in [0.717, 1.165) is 18.8 Å². The molecule has 0 aliphatic carbocycles. The third-order valence-electron chi connectivity index (χ3n) is 2.03. The van der Waals surface area contributed by atoms with E-state index < -0.39 is 11.2 Å². The molecule has 0 N–H and O–H groups in total. The average Bonchev–Trinajstić information content (AvgIpc) is 2.02. The maximum absolute atomic E-state index is 10.3. The van der Waals surface area contributed by atoms with Gasteiger partial charge in [0.25, 0.3) is 0 Å². The predicted molar refractivity (Wildman–Crippen MR) is 55.7 cm³/mol. The third-order valence-corrected chi connectivity index (χ3v) is 2.50. The number of hydrogen-bond donors (Lipinski definition) is 1. The zero-order chi connectivity index (χ0) is 10.3. The fraction of sp³-hybridized carbons (Fsp3) is 0.900.